The van der Waals surface area contributed by atoms with Crippen molar-refractivity contribution in [3.05, 3.63) is 34.9 Å². The molecule has 2 unspecified atom stereocenters. The number of hydrogen-bond donors (Lipinski definition) is 1. The second-order valence-corrected chi connectivity index (χ2v) is 4.70. The molecule has 0 aliphatic carbocycles. The van der Waals surface area contributed by atoms with Crippen molar-refractivity contribution in [3.63, 3.8) is 0 Å². The monoisotopic (exact) mass is 230 g/mol. The number of nitriles is 1. The van der Waals surface area contributed by atoms with Crippen LogP contribution in [0.2, 0.25) is 0 Å². The van der Waals surface area contributed by atoms with Crippen LogP contribution in [-0.4, -0.2) is 6.04 Å². The molecule has 92 valence electrons. The summed E-state index contributed by atoms with van der Waals surface area (Å²) in [7, 11) is 0. The van der Waals surface area contributed by atoms with E-state index in [1.54, 1.807) is 0 Å². The lowest BCUT2D eigenvalue weighted by atomic mass is 10.0. The maximum absolute atomic E-state index is 8.74. The van der Waals surface area contributed by atoms with Gasteiger partial charge in [0, 0.05) is 12.1 Å². The Hall–Kier alpha value is -1.33. The van der Waals surface area contributed by atoms with Gasteiger partial charge in [-0.3, -0.25) is 0 Å². The van der Waals surface area contributed by atoms with Crippen molar-refractivity contribution < 1.29 is 0 Å². The summed E-state index contributed by atoms with van der Waals surface area (Å²) in [4.78, 5) is 0. The Morgan fingerprint density at radius 1 is 1.29 bits per heavy atom. The van der Waals surface area contributed by atoms with Crippen LogP contribution in [0, 0.1) is 25.2 Å². The highest BCUT2D eigenvalue weighted by Crippen LogP contribution is 2.18. The first-order valence-electron chi connectivity index (χ1n) is 6.28. The van der Waals surface area contributed by atoms with E-state index in [-0.39, 0.29) is 6.04 Å². The normalized spacial score (nSPS) is 14.1. The maximum Gasteiger partial charge on any atom is 0.0638 e. The first kappa shape index (κ1) is 13.7. The number of nitrogens with zero attached hydrogens (tertiary/aromatic N) is 1. The van der Waals surface area contributed by atoms with Crippen LogP contribution in [0.15, 0.2) is 18.2 Å². The molecule has 2 atom stereocenters. The molecule has 0 amide bonds. The quantitative estimate of drug-likeness (QED) is 0.838. The average Bonchev–Trinajstić information content (AvgIpc) is 2.31. The highest BCUT2D eigenvalue weighted by molar-refractivity contribution is 5.31. The second kappa shape index (κ2) is 6.42. The summed E-state index contributed by atoms with van der Waals surface area (Å²) in [5.41, 5.74) is 3.94. The molecule has 0 aliphatic heterocycles. The molecular formula is C15H22N2. The van der Waals surface area contributed by atoms with Crippen molar-refractivity contribution >= 4 is 0 Å². The van der Waals surface area contributed by atoms with E-state index in [0.29, 0.717) is 12.5 Å². The van der Waals surface area contributed by atoms with Gasteiger partial charge in [0.15, 0.2) is 0 Å². The van der Waals surface area contributed by atoms with Gasteiger partial charge in [-0.25, -0.2) is 0 Å². The molecule has 2 heteroatoms. The summed E-state index contributed by atoms with van der Waals surface area (Å²) >= 11 is 0. The van der Waals surface area contributed by atoms with Gasteiger partial charge in [-0.05, 0) is 43.9 Å². The summed E-state index contributed by atoms with van der Waals surface area (Å²) in [6.07, 6.45) is 1.56. The third kappa shape index (κ3) is 3.87. The molecule has 0 heterocycles. The minimum absolute atomic E-state index is 0.289. The Bertz CT molecular complexity index is 404. The van der Waals surface area contributed by atoms with Gasteiger partial charge in [0.05, 0.1) is 12.5 Å². The van der Waals surface area contributed by atoms with Crippen molar-refractivity contribution in [2.24, 2.45) is 0 Å². The van der Waals surface area contributed by atoms with E-state index >= 15 is 0 Å². The van der Waals surface area contributed by atoms with E-state index in [9.17, 15) is 0 Å². The summed E-state index contributed by atoms with van der Waals surface area (Å²) in [6.45, 7) is 8.53. The predicted octanol–water partition coefficient (Wildman–Crippen LogP) is 3.65. The summed E-state index contributed by atoms with van der Waals surface area (Å²) in [5, 5.41) is 12.2. The zero-order valence-electron chi connectivity index (χ0n) is 11.2. The lowest BCUT2D eigenvalue weighted by Crippen LogP contribution is -2.30. The third-order valence-corrected chi connectivity index (χ3v) is 3.35. The molecule has 1 N–H and O–H groups in total. The molecule has 0 radical (unpaired) electrons. The van der Waals surface area contributed by atoms with Gasteiger partial charge < -0.3 is 5.32 Å². The topological polar surface area (TPSA) is 35.8 Å². The Morgan fingerprint density at radius 3 is 2.53 bits per heavy atom. The van der Waals surface area contributed by atoms with Gasteiger partial charge in [0.25, 0.3) is 0 Å². The van der Waals surface area contributed by atoms with E-state index in [4.69, 9.17) is 5.26 Å². The van der Waals surface area contributed by atoms with E-state index in [1.165, 1.54) is 16.7 Å². The molecule has 0 fully saturated rings. The van der Waals surface area contributed by atoms with Crippen LogP contribution in [0.3, 0.4) is 0 Å². The number of benzene rings is 1. The Balaban J connectivity index is 2.72. The first-order chi connectivity index (χ1) is 8.08. The highest BCUT2D eigenvalue weighted by Gasteiger charge is 2.11. The molecule has 17 heavy (non-hydrogen) atoms. The highest BCUT2D eigenvalue weighted by atomic mass is 14.9. The second-order valence-electron chi connectivity index (χ2n) is 4.70. The van der Waals surface area contributed by atoms with Crippen molar-refractivity contribution in [2.75, 3.05) is 0 Å². The van der Waals surface area contributed by atoms with Crippen LogP contribution < -0.4 is 5.32 Å². The van der Waals surface area contributed by atoms with Gasteiger partial charge in [-0.1, -0.05) is 25.1 Å². The summed E-state index contributed by atoms with van der Waals surface area (Å²) in [5.74, 6) is 0. The van der Waals surface area contributed by atoms with E-state index < -0.39 is 0 Å². The molecule has 0 saturated carbocycles. The third-order valence-electron chi connectivity index (χ3n) is 3.35. The fraction of sp³-hybridized carbons (Fsp3) is 0.533. The molecule has 0 saturated heterocycles. The summed E-state index contributed by atoms with van der Waals surface area (Å²) in [6, 6.07) is 9.38. The van der Waals surface area contributed by atoms with Gasteiger partial charge in [-0.2, -0.15) is 5.26 Å². The molecule has 0 aliphatic rings. The minimum atomic E-state index is 0.289. The number of rotatable bonds is 5. The van der Waals surface area contributed by atoms with Gasteiger partial charge >= 0.3 is 0 Å². The Kier molecular flexibility index (Phi) is 5.18. The van der Waals surface area contributed by atoms with Gasteiger partial charge in [0.1, 0.15) is 0 Å². The zero-order valence-corrected chi connectivity index (χ0v) is 11.2. The fourth-order valence-electron chi connectivity index (χ4n) is 1.92. The summed E-state index contributed by atoms with van der Waals surface area (Å²) < 4.78 is 0. The van der Waals surface area contributed by atoms with Crippen LogP contribution in [0.1, 0.15) is 49.4 Å². The molecule has 0 bridgehead atoms. The lowest BCUT2D eigenvalue weighted by Gasteiger charge is -2.21. The molecule has 0 spiro atoms. The first-order valence-corrected chi connectivity index (χ1v) is 6.28. The van der Waals surface area contributed by atoms with Crippen LogP contribution in [0.5, 0.6) is 0 Å². The lowest BCUT2D eigenvalue weighted by molar-refractivity contribution is 0.448. The minimum Gasteiger partial charge on any atom is -0.306 e. The Labute approximate surface area is 105 Å². The average molecular weight is 230 g/mol. The largest absolute Gasteiger partial charge is 0.306 e. The van der Waals surface area contributed by atoms with E-state index in [1.807, 2.05) is 0 Å². The van der Waals surface area contributed by atoms with E-state index in [2.05, 4.69) is 57.3 Å². The smallest absolute Gasteiger partial charge is 0.0638 e. The molecular weight excluding hydrogens is 208 g/mol. The number of nitrogens with one attached hydrogen (secondary N) is 1. The molecule has 0 aromatic heterocycles. The molecule has 1 aromatic rings. The fourth-order valence-corrected chi connectivity index (χ4v) is 1.92. The van der Waals surface area contributed by atoms with Gasteiger partial charge in [0.2, 0.25) is 0 Å². The molecule has 2 nitrogen and oxygen atoms in total. The van der Waals surface area contributed by atoms with Crippen LogP contribution in [-0.2, 0) is 0 Å². The van der Waals surface area contributed by atoms with Crippen LogP contribution >= 0.6 is 0 Å². The zero-order chi connectivity index (χ0) is 12.8. The SMILES string of the molecule is CCC(CC#N)NC(C)c1ccc(C)c(C)c1. The van der Waals surface area contributed by atoms with Crippen LogP contribution in [0.4, 0.5) is 0 Å². The molecule has 1 rings (SSSR count). The molecule has 1 aromatic carbocycles. The van der Waals surface area contributed by atoms with Gasteiger partial charge in [-0.15, -0.1) is 0 Å². The maximum atomic E-state index is 8.74. The van der Waals surface area contributed by atoms with Crippen molar-refractivity contribution in [3.8, 4) is 6.07 Å². The number of aryl methyl sites for hydroxylation is 2. The predicted molar refractivity (Wildman–Crippen MR) is 71.8 cm³/mol. The number of hydrogen-bond acceptors (Lipinski definition) is 2. The van der Waals surface area contributed by atoms with Crippen molar-refractivity contribution in [2.45, 2.75) is 52.6 Å². The standard InChI is InChI=1S/C15H22N2/c1-5-15(8-9-16)17-13(4)14-7-6-11(2)12(3)10-14/h6-7,10,13,15,17H,5,8H2,1-4H3. The Morgan fingerprint density at radius 2 is 2.00 bits per heavy atom. The van der Waals surface area contributed by atoms with E-state index in [0.717, 1.165) is 6.42 Å². The van der Waals surface area contributed by atoms with Crippen molar-refractivity contribution in [1.29, 1.82) is 5.26 Å². The van der Waals surface area contributed by atoms with Crippen LogP contribution in [0.25, 0.3) is 0 Å². The van der Waals surface area contributed by atoms with Crippen molar-refractivity contribution in [1.82, 2.24) is 5.32 Å².